The number of carbonyl (C=O) groups is 1. The number of ether oxygens (including phenoxy) is 2. The maximum absolute atomic E-state index is 11.9. The molecule has 0 spiro atoms. The number of aryl methyl sites for hydroxylation is 1. The van der Waals surface area contributed by atoms with Crippen LogP contribution in [0.2, 0.25) is 5.02 Å². The van der Waals surface area contributed by atoms with Crippen molar-refractivity contribution in [3.63, 3.8) is 0 Å². The summed E-state index contributed by atoms with van der Waals surface area (Å²) in [4.78, 5) is 11.9. The number of rotatable bonds is 5. The summed E-state index contributed by atoms with van der Waals surface area (Å²) in [5.41, 5.74) is 0.881. The Hall–Kier alpha value is -2.21. The second-order valence-corrected chi connectivity index (χ2v) is 5.66. The highest BCUT2D eigenvalue weighted by Gasteiger charge is 2.15. The third kappa shape index (κ3) is 4.16. The first-order valence-corrected chi connectivity index (χ1v) is 7.92. The van der Waals surface area contributed by atoms with E-state index in [1.807, 2.05) is 18.3 Å². The fourth-order valence-electron chi connectivity index (χ4n) is 2.32. The van der Waals surface area contributed by atoms with Gasteiger partial charge in [0.25, 0.3) is 0 Å². The number of carbonyl (C=O) groups excluding carboxylic acids is 1. The number of nitrogens with one attached hydrogen (secondary N) is 1. The highest BCUT2D eigenvalue weighted by Crippen LogP contribution is 2.37. The van der Waals surface area contributed by atoms with Gasteiger partial charge in [-0.15, -0.1) is 0 Å². The molecule has 1 aromatic heterocycles. The number of halogens is 1. The molecule has 6 nitrogen and oxygen atoms in total. The molecule has 1 aromatic carbocycles. The van der Waals surface area contributed by atoms with Crippen molar-refractivity contribution < 1.29 is 14.3 Å². The topological polar surface area (TPSA) is 65.4 Å². The SMILES string of the molecule is O=C(CCn1cccn1)NCc1cc(Cl)c2c(c1)OCCCO2. The van der Waals surface area contributed by atoms with Crippen molar-refractivity contribution in [3.8, 4) is 11.5 Å². The number of hydrogen-bond acceptors (Lipinski definition) is 4. The zero-order valence-corrected chi connectivity index (χ0v) is 13.4. The largest absolute Gasteiger partial charge is 0.489 e. The van der Waals surface area contributed by atoms with Crippen LogP contribution in [-0.4, -0.2) is 28.9 Å². The van der Waals surface area contributed by atoms with Crippen LogP contribution in [0.25, 0.3) is 0 Å². The summed E-state index contributed by atoms with van der Waals surface area (Å²) in [6, 6.07) is 5.49. The van der Waals surface area contributed by atoms with E-state index in [2.05, 4.69) is 10.4 Å². The highest BCUT2D eigenvalue weighted by atomic mass is 35.5. The maximum Gasteiger partial charge on any atom is 0.222 e. The lowest BCUT2D eigenvalue weighted by molar-refractivity contribution is -0.121. The lowest BCUT2D eigenvalue weighted by atomic mass is 10.2. The molecule has 1 N–H and O–H groups in total. The van der Waals surface area contributed by atoms with Crippen LogP contribution in [0.1, 0.15) is 18.4 Å². The van der Waals surface area contributed by atoms with E-state index in [9.17, 15) is 4.79 Å². The third-order valence-electron chi connectivity index (χ3n) is 3.48. The van der Waals surface area contributed by atoms with Gasteiger partial charge in [-0.05, 0) is 23.8 Å². The van der Waals surface area contributed by atoms with Gasteiger partial charge in [0.15, 0.2) is 11.5 Å². The first-order chi connectivity index (χ1) is 11.2. The second kappa shape index (κ2) is 7.37. The number of aromatic nitrogens is 2. The molecule has 2 heterocycles. The molecule has 0 saturated carbocycles. The van der Waals surface area contributed by atoms with Crippen LogP contribution in [0.3, 0.4) is 0 Å². The number of nitrogens with zero attached hydrogens (tertiary/aromatic N) is 2. The quantitative estimate of drug-likeness (QED) is 0.911. The van der Waals surface area contributed by atoms with Gasteiger partial charge in [0.05, 0.1) is 18.2 Å². The van der Waals surface area contributed by atoms with Gasteiger partial charge in [-0.2, -0.15) is 5.10 Å². The average molecular weight is 336 g/mol. The minimum atomic E-state index is -0.0382. The van der Waals surface area contributed by atoms with Gasteiger partial charge in [-0.3, -0.25) is 9.48 Å². The molecule has 7 heteroatoms. The highest BCUT2D eigenvalue weighted by molar-refractivity contribution is 6.32. The smallest absolute Gasteiger partial charge is 0.222 e. The van der Waals surface area contributed by atoms with Gasteiger partial charge in [0.2, 0.25) is 5.91 Å². The first kappa shape index (κ1) is 15.7. The van der Waals surface area contributed by atoms with E-state index in [-0.39, 0.29) is 5.91 Å². The number of benzene rings is 1. The fourth-order valence-corrected chi connectivity index (χ4v) is 2.61. The van der Waals surface area contributed by atoms with E-state index in [1.165, 1.54) is 0 Å². The summed E-state index contributed by atoms with van der Waals surface area (Å²) in [6.07, 6.45) is 4.72. The van der Waals surface area contributed by atoms with Gasteiger partial charge in [0.1, 0.15) is 0 Å². The molecule has 0 unspecified atom stereocenters. The summed E-state index contributed by atoms with van der Waals surface area (Å²) in [5.74, 6) is 1.18. The van der Waals surface area contributed by atoms with Gasteiger partial charge < -0.3 is 14.8 Å². The summed E-state index contributed by atoms with van der Waals surface area (Å²) in [7, 11) is 0. The number of hydrogen-bond donors (Lipinski definition) is 1. The molecule has 1 aliphatic rings. The Balaban J connectivity index is 1.56. The molecule has 0 fully saturated rings. The average Bonchev–Trinajstić information content (AvgIpc) is 2.95. The Labute approximate surface area is 139 Å². The summed E-state index contributed by atoms with van der Waals surface area (Å²) in [5, 5.41) is 7.44. The zero-order valence-electron chi connectivity index (χ0n) is 12.6. The van der Waals surface area contributed by atoms with Crippen molar-refractivity contribution in [1.82, 2.24) is 15.1 Å². The Bertz CT molecular complexity index is 673. The second-order valence-electron chi connectivity index (χ2n) is 5.25. The fraction of sp³-hybridized carbons (Fsp3) is 0.375. The van der Waals surface area contributed by atoms with Crippen LogP contribution < -0.4 is 14.8 Å². The minimum absolute atomic E-state index is 0.0382. The van der Waals surface area contributed by atoms with Crippen molar-refractivity contribution in [2.24, 2.45) is 0 Å². The zero-order chi connectivity index (χ0) is 16.1. The van der Waals surface area contributed by atoms with Crippen molar-refractivity contribution >= 4 is 17.5 Å². The van der Waals surface area contributed by atoms with Gasteiger partial charge >= 0.3 is 0 Å². The maximum atomic E-state index is 11.9. The summed E-state index contributed by atoms with van der Waals surface area (Å²) < 4.78 is 13.0. The molecular formula is C16H18ClN3O3. The third-order valence-corrected chi connectivity index (χ3v) is 3.76. The van der Waals surface area contributed by atoms with Crippen LogP contribution >= 0.6 is 11.6 Å². The van der Waals surface area contributed by atoms with Gasteiger partial charge in [0, 0.05) is 38.3 Å². The van der Waals surface area contributed by atoms with E-state index in [0.717, 1.165) is 12.0 Å². The Morgan fingerprint density at radius 2 is 2.22 bits per heavy atom. The monoisotopic (exact) mass is 335 g/mol. The van der Waals surface area contributed by atoms with E-state index in [0.29, 0.717) is 49.2 Å². The van der Waals surface area contributed by atoms with Crippen molar-refractivity contribution in [2.45, 2.75) is 25.9 Å². The lowest BCUT2D eigenvalue weighted by Gasteiger charge is -2.12. The van der Waals surface area contributed by atoms with Gasteiger partial charge in [-0.1, -0.05) is 11.6 Å². The molecule has 0 radical (unpaired) electrons. The lowest BCUT2D eigenvalue weighted by Crippen LogP contribution is -2.24. The predicted octanol–water partition coefficient (Wildman–Crippen LogP) is 2.40. The van der Waals surface area contributed by atoms with Crippen molar-refractivity contribution in [2.75, 3.05) is 13.2 Å². The van der Waals surface area contributed by atoms with Crippen LogP contribution in [0, 0.1) is 0 Å². The van der Waals surface area contributed by atoms with Crippen molar-refractivity contribution in [1.29, 1.82) is 0 Å². The minimum Gasteiger partial charge on any atom is -0.489 e. The molecule has 3 rings (SSSR count). The molecule has 1 amide bonds. The van der Waals surface area contributed by atoms with Gasteiger partial charge in [-0.25, -0.2) is 0 Å². The molecule has 122 valence electrons. The number of fused-ring (bicyclic) bond motifs is 1. The molecule has 23 heavy (non-hydrogen) atoms. The Morgan fingerprint density at radius 3 is 3.04 bits per heavy atom. The van der Waals surface area contributed by atoms with Crippen LogP contribution in [0.15, 0.2) is 30.6 Å². The molecule has 0 aliphatic carbocycles. The Morgan fingerprint density at radius 1 is 1.35 bits per heavy atom. The number of amides is 1. The normalized spacial score (nSPS) is 13.4. The molecule has 0 bridgehead atoms. The van der Waals surface area contributed by atoms with E-state index in [4.69, 9.17) is 21.1 Å². The van der Waals surface area contributed by atoms with Crippen LogP contribution in [-0.2, 0) is 17.9 Å². The first-order valence-electron chi connectivity index (χ1n) is 7.54. The summed E-state index contributed by atoms with van der Waals surface area (Å²) in [6.45, 7) is 2.15. The molecule has 1 aliphatic heterocycles. The molecular weight excluding hydrogens is 318 g/mol. The molecule has 0 atom stereocenters. The van der Waals surface area contributed by atoms with Crippen molar-refractivity contribution in [3.05, 3.63) is 41.2 Å². The van der Waals surface area contributed by atoms with Crippen LogP contribution in [0.5, 0.6) is 11.5 Å². The van der Waals surface area contributed by atoms with E-state index in [1.54, 1.807) is 16.9 Å². The van der Waals surface area contributed by atoms with Crippen LogP contribution in [0.4, 0.5) is 0 Å². The Kier molecular flexibility index (Phi) is 5.02. The van der Waals surface area contributed by atoms with E-state index >= 15 is 0 Å². The predicted molar refractivity (Wildman–Crippen MR) is 85.7 cm³/mol. The molecule has 2 aromatic rings. The summed E-state index contributed by atoms with van der Waals surface area (Å²) >= 11 is 6.23. The van der Waals surface area contributed by atoms with E-state index < -0.39 is 0 Å². The standard InChI is InChI=1S/C16H18ClN3O3/c17-13-9-12(10-14-16(13)23-8-2-7-22-14)11-18-15(21)3-6-20-5-1-4-19-20/h1,4-5,9-10H,2-3,6-8,11H2,(H,18,21). The molecule has 0 saturated heterocycles.